The molecule has 1 aliphatic rings. The van der Waals surface area contributed by atoms with Crippen molar-refractivity contribution in [2.75, 3.05) is 34.5 Å². The minimum Gasteiger partial charge on any atom is -0.493 e. The number of hydrogen-bond acceptors (Lipinski definition) is 5. The highest BCUT2D eigenvalue weighted by Crippen LogP contribution is 2.39. The van der Waals surface area contributed by atoms with E-state index in [2.05, 4.69) is 0 Å². The zero-order valence-corrected chi connectivity index (χ0v) is 19.7. The van der Waals surface area contributed by atoms with E-state index in [1.165, 1.54) is 0 Å². The third-order valence-electron chi connectivity index (χ3n) is 5.97. The van der Waals surface area contributed by atoms with Crippen molar-refractivity contribution in [1.82, 2.24) is 4.90 Å². The van der Waals surface area contributed by atoms with E-state index in [0.717, 1.165) is 16.7 Å². The second kappa shape index (κ2) is 10.8. The molecule has 0 saturated carbocycles. The molecule has 0 bridgehead atoms. The van der Waals surface area contributed by atoms with E-state index in [-0.39, 0.29) is 18.6 Å². The molecular formula is C28H29NO5. The molecule has 0 fully saturated rings. The van der Waals surface area contributed by atoms with E-state index < -0.39 is 0 Å². The van der Waals surface area contributed by atoms with Crippen molar-refractivity contribution < 1.29 is 23.7 Å². The molecule has 3 aromatic rings. The first-order valence-corrected chi connectivity index (χ1v) is 11.2. The zero-order valence-electron chi connectivity index (χ0n) is 19.7. The van der Waals surface area contributed by atoms with Crippen LogP contribution in [0.1, 0.15) is 22.7 Å². The van der Waals surface area contributed by atoms with Crippen LogP contribution >= 0.6 is 0 Å². The molecule has 0 spiro atoms. The Bertz CT molecular complexity index is 1160. The number of carbonyl (C=O) groups excluding carboxylic acids is 1. The van der Waals surface area contributed by atoms with Crippen LogP contribution in [0, 0.1) is 0 Å². The fraction of sp³-hybridized carbons (Fsp3) is 0.250. The highest BCUT2D eigenvalue weighted by molar-refractivity contribution is 5.92. The number of amides is 1. The highest BCUT2D eigenvalue weighted by Gasteiger charge is 2.32. The van der Waals surface area contributed by atoms with Gasteiger partial charge in [0.15, 0.2) is 23.0 Å². The molecule has 1 heterocycles. The largest absolute Gasteiger partial charge is 0.493 e. The summed E-state index contributed by atoms with van der Waals surface area (Å²) in [5.74, 6) is 2.50. The molecule has 0 saturated heterocycles. The monoisotopic (exact) mass is 459 g/mol. The van der Waals surface area contributed by atoms with E-state index in [4.69, 9.17) is 18.9 Å². The Kier molecular flexibility index (Phi) is 7.38. The molecule has 0 aliphatic carbocycles. The second-order valence-electron chi connectivity index (χ2n) is 7.91. The maximum absolute atomic E-state index is 13.3. The predicted molar refractivity (Wildman–Crippen MR) is 132 cm³/mol. The smallest absolute Gasteiger partial charge is 0.247 e. The maximum Gasteiger partial charge on any atom is 0.247 e. The van der Waals surface area contributed by atoms with E-state index in [1.807, 2.05) is 77.7 Å². The van der Waals surface area contributed by atoms with Crippen molar-refractivity contribution in [3.8, 4) is 23.0 Å². The normalized spacial score (nSPS) is 15.0. The van der Waals surface area contributed by atoms with Crippen LogP contribution in [-0.2, 0) is 11.2 Å². The fourth-order valence-electron chi connectivity index (χ4n) is 4.21. The van der Waals surface area contributed by atoms with Gasteiger partial charge in [0, 0.05) is 12.6 Å². The molecule has 0 N–H and O–H groups in total. The van der Waals surface area contributed by atoms with Crippen molar-refractivity contribution in [3.63, 3.8) is 0 Å². The Morgan fingerprint density at radius 1 is 0.882 bits per heavy atom. The standard InChI is InChI=1S/C28H29NO5/c1-31-24-11-7-8-12-25(24)34-19-23-22-18-27(33-3)26(32-2)17-21(22)15-16-29(23)28(30)14-13-20-9-5-4-6-10-20/h4-14,17-18,23H,15-16,19H2,1-3H3/b14-13+/t23-/m1/s1. The Balaban J connectivity index is 1.66. The van der Waals surface area contributed by atoms with Gasteiger partial charge in [-0.15, -0.1) is 0 Å². The molecule has 34 heavy (non-hydrogen) atoms. The number of methoxy groups -OCH3 is 3. The molecule has 0 radical (unpaired) electrons. The van der Waals surface area contributed by atoms with E-state index >= 15 is 0 Å². The summed E-state index contributed by atoms with van der Waals surface area (Å²) in [7, 11) is 4.85. The average Bonchev–Trinajstić information content (AvgIpc) is 2.90. The van der Waals surface area contributed by atoms with Gasteiger partial charge in [0.2, 0.25) is 5.91 Å². The van der Waals surface area contributed by atoms with Gasteiger partial charge in [-0.05, 0) is 53.5 Å². The van der Waals surface area contributed by atoms with Crippen molar-refractivity contribution >= 4 is 12.0 Å². The van der Waals surface area contributed by atoms with Crippen LogP contribution in [0.25, 0.3) is 6.08 Å². The summed E-state index contributed by atoms with van der Waals surface area (Å²) in [6, 6.07) is 20.9. The summed E-state index contributed by atoms with van der Waals surface area (Å²) in [5.41, 5.74) is 3.07. The Morgan fingerprint density at radius 3 is 2.24 bits per heavy atom. The highest BCUT2D eigenvalue weighted by atomic mass is 16.5. The van der Waals surface area contributed by atoms with Crippen LogP contribution < -0.4 is 18.9 Å². The molecule has 0 aromatic heterocycles. The first-order valence-electron chi connectivity index (χ1n) is 11.2. The lowest BCUT2D eigenvalue weighted by Gasteiger charge is -2.37. The topological polar surface area (TPSA) is 57.2 Å². The van der Waals surface area contributed by atoms with Gasteiger partial charge in [-0.3, -0.25) is 4.79 Å². The summed E-state index contributed by atoms with van der Waals surface area (Å²) in [6.45, 7) is 0.841. The third kappa shape index (κ3) is 5.01. The molecule has 4 rings (SSSR count). The van der Waals surface area contributed by atoms with Crippen LogP contribution in [0.5, 0.6) is 23.0 Å². The first kappa shape index (κ1) is 23.2. The zero-order chi connectivity index (χ0) is 23.9. The molecule has 1 atom stereocenters. The average molecular weight is 460 g/mol. The molecule has 1 aliphatic heterocycles. The van der Waals surface area contributed by atoms with Crippen molar-refractivity contribution in [2.45, 2.75) is 12.5 Å². The summed E-state index contributed by atoms with van der Waals surface area (Å²) in [6.07, 6.45) is 4.17. The number of benzene rings is 3. The minimum atomic E-state index is -0.304. The third-order valence-corrected chi connectivity index (χ3v) is 5.97. The Hall–Kier alpha value is -3.93. The fourth-order valence-corrected chi connectivity index (χ4v) is 4.21. The van der Waals surface area contributed by atoms with E-state index in [9.17, 15) is 4.79 Å². The van der Waals surface area contributed by atoms with E-state index in [1.54, 1.807) is 27.4 Å². The molecule has 1 amide bonds. The maximum atomic E-state index is 13.3. The Morgan fingerprint density at radius 2 is 1.53 bits per heavy atom. The number of carbonyl (C=O) groups is 1. The lowest BCUT2D eigenvalue weighted by molar-refractivity contribution is -0.129. The van der Waals surface area contributed by atoms with Gasteiger partial charge in [0.25, 0.3) is 0 Å². The SMILES string of the molecule is COc1cc2c(cc1OC)[C@@H](COc1ccccc1OC)N(C(=O)/C=C/c1ccccc1)CC2. The number of ether oxygens (including phenoxy) is 4. The molecule has 0 unspecified atom stereocenters. The van der Waals surface area contributed by atoms with Crippen molar-refractivity contribution in [3.05, 3.63) is 89.5 Å². The van der Waals surface area contributed by atoms with Crippen molar-refractivity contribution in [1.29, 1.82) is 0 Å². The van der Waals surface area contributed by atoms with Crippen LogP contribution in [-0.4, -0.2) is 45.3 Å². The quantitative estimate of drug-likeness (QED) is 0.447. The number of rotatable bonds is 8. The summed E-state index contributed by atoms with van der Waals surface area (Å²) in [4.78, 5) is 15.2. The summed E-state index contributed by atoms with van der Waals surface area (Å²) in [5, 5.41) is 0. The molecule has 3 aromatic carbocycles. The van der Waals surface area contributed by atoms with Crippen LogP contribution in [0.3, 0.4) is 0 Å². The predicted octanol–water partition coefficient (Wildman–Crippen LogP) is 4.93. The summed E-state index contributed by atoms with van der Waals surface area (Å²) >= 11 is 0. The van der Waals surface area contributed by atoms with Gasteiger partial charge in [0.05, 0.1) is 27.4 Å². The summed E-state index contributed by atoms with van der Waals surface area (Å²) < 4.78 is 22.7. The lowest BCUT2D eigenvalue weighted by atomic mass is 9.92. The van der Waals surface area contributed by atoms with E-state index in [0.29, 0.717) is 36.0 Å². The molecule has 6 heteroatoms. The first-order chi connectivity index (χ1) is 16.6. The number of fused-ring (bicyclic) bond motifs is 1. The minimum absolute atomic E-state index is 0.0714. The second-order valence-corrected chi connectivity index (χ2v) is 7.91. The van der Waals surface area contributed by atoms with Crippen LogP contribution in [0.2, 0.25) is 0 Å². The van der Waals surface area contributed by atoms with Gasteiger partial charge in [-0.1, -0.05) is 42.5 Å². The van der Waals surface area contributed by atoms with Crippen LogP contribution in [0.15, 0.2) is 72.8 Å². The number of para-hydroxylation sites is 2. The van der Waals surface area contributed by atoms with Gasteiger partial charge >= 0.3 is 0 Å². The van der Waals surface area contributed by atoms with Crippen molar-refractivity contribution in [2.24, 2.45) is 0 Å². The van der Waals surface area contributed by atoms with Gasteiger partial charge < -0.3 is 23.8 Å². The Labute approximate surface area is 200 Å². The molecule has 176 valence electrons. The van der Waals surface area contributed by atoms with Gasteiger partial charge in [0.1, 0.15) is 6.61 Å². The number of hydrogen-bond donors (Lipinski definition) is 0. The number of nitrogens with zero attached hydrogens (tertiary/aromatic N) is 1. The molecule has 6 nitrogen and oxygen atoms in total. The van der Waals surface area contributed by atoms with Crippen LogP contribution in [0.4, 0.5) is 0 Å². The lowest BCUT2D eigenvalue weighted by Crippen LogP contribution is -2.41. The van der Waals surface area contributed by atoms with Gasteiger partial charge in [-0.25, -0.2) is 0 Å². The molecular weight excluding hydrogens is 430 g/mol. The van der Waals surface area contributed by atoms with Gasteiger partial charge in [-0.2, -0.15) is 0 Å².